The quantitative estimate of drug-likeness (QED) is 0.298. The third-order valence-electron chi connectivity index (χ3n) is 4.33. The van der Waals surface area contributed by atoms with E-state index in [9.17, 15) is 26.4 Å². The summed E-state index contributed by atoms with van der Waals surface area (Å²) in [5.41, 5.74) is 5.19. The summed E-state index contributed by atoms with van der Waals surface area (Å²) >= 11 is 0. The number of nitrogens with zero attached hydrogens (tertiary/aromatic N) is 2. The van der Waals surface area contributed by atoms with Crippen LogP contribution in [-0.4, -0.2) is 74.3 Å². The van der Waals surface area contributed by atoms with Crippen molar-refractivity contribution in [1.82, 2.24) is 9.88 Å². The molecule has 0 atom stereocenters. The zero-order valence-electron chi connectivity index (χ0n) is 16.7. The lowest BCUT2D eigenvalue weighted by Crippen LogP contribution is -2.38. The van der Waals surface area contributed by atoms with Crippen LogP contribution in [-0.2, 0) is 21.0 Å². The molecule has 3 rings (SSSR count). The number of anilines is 1. The summed E-state index contributed by atoms with van der Waals surface area (Å²) in [6.07, 6.45) is -3.84. The molecule has 1 aromatic heterocycles. The number of aromatic nitrogens is 1. The molecule has 31 heavy (non-hydrogen) atoms. The molecule has 2 heterocycles. The molecule has 10 nitrogen and oxygen atoms in total. The number of benzene rings is 1. The van der Waals surface area contributed by atoms with Gasteiger partial charge in [-0.3, -0.25) is 19.7 Å². The maximum atomic E-state index is 13.4. The molecule has 1 fully saturated rings. The third-order valence-corrected chi connectivity index (χ3v) is 4.33. The number of carbonyl (C=O) groups is 1. The number of ether oxygens (including phenoxy) is 1. The minimum absolute atomic E-state index is 0.0658. The molecule has 1 aromatic carbocycles. The van der Waals surface area contributed by atoms with Crippen molar-refractivity contribution in [2.75, 3.05) is 44.5 Å². The molecule has 172 valence electrons. The number of nitrogens with two attached hydrogens (primary N) is 1. The monoisotopic (exact) mass is 465 g/mol. The van der Waals surface area contributed by atoms with Crippen LogP contribution in [0.15, 0.2) is 18.2 Å². The van der Waals surface area contributed by atoms with E-state index >= 15 is 0 Å². The number of morpholine rings is 1. The molecule has 0 bridgehead atoms. The maximum absolute atomic E-state index is 13.4. The SMILES string of the molecule is CN(C(=N)N)C(=O)c1cc2c(C(F)(F)F)ccc(N3CCOCC3)c2[nH]1.CS(=O)(=O)O. The van der Waals surface area contributed by atoms with E-state index in [-0.39, 0.29) is 16.6 Å². The second-order valence-corrected chi connectivity index (χ2v) is 8.15. The lowest BCUT2D eigenvalue weighted by Gasteiger charge is -2.29. The maximum Gasteiger partial charge on any atom is 0.417 e. The van der Waals surface area contributed by atoms with E-state index in [1.165, 1.54) is 13.1 Å². The fourth-order valence-electron chi connectivity index (χ4n) is 2.92. The molecule has 0 aliphatic carbocycles. The van der Waals surface area contributed by atoms with E-state index in [0.717, 1.165) is 17.0 Å². The molecule has 0 radical (unpaired) electrons. The number of alkyl halides is 3. The summed E-state index contributed by atoms with van der Waals surface area (Å²) in [5, 5.41) is 7.23. The molecule has 0 spiro atoms. The van der Waals surface area contributed by atoms with Gasteiger partial charge in [0, 0.05) is 25.5 Å². The first kappa shape index (κ1) is 24.4. The molecule has 5 N–H and O–H groups in total. The zero-order chi connectivity index (χ0) is 23.6. The highest BCUT2D eigenvalue weighted by atomic mass is 32.2. The predicted molar refractivity (Wildman–Crippen MR) is 108 cm³/mol. The average molecular weight is 465 g/mol. The average Bonchev–Trinajstić information content (AvgIpc) is 3.09. The highest BCUT2D eigenvalue weighted by Crippen LogP contribution is 2.39. The number of H-pyrrole nitrogens is 1. The number of nitrogens with one attached hydrogen (secondary N) is 2. The van der Waals surface area contributed by atoms with E-state index in [4.69, 9.17) is 20.4 Å². The second-order valence-electron chi connectivity index (χ2n) is 6.68. The van der Waals surface area contributed by atoms with E-state index in [2.05, 4.69) is 4.98 Å². The van der Waals surface area contributed by atoms with Gasteiger partial charge in [0.25, 0.3) is 16.0 Å². The molecule has 1 amide bonds. The van der Waals surface area contributed by atoms with E-state index in [1.807, 2.05) is 4.90 Å². The highest BCUT2D eigenvalue weighted by molar-refractivity contribution is 7.85. The number of guanidine groups is 1. The van der Waals surface area contributed by atoms with Gasteiger partial charge in [-0.2, -0.15) is 21.6 Å². The summed E-state index contributed by atoms with van der Waals surface area (Å²) < 4.78 is 71.3. The third kappa shape index (κ3) is 6.32. The summed E-state index contributed by atoms with van der Waals surface area (Å²) in [7, 11) is -2.39. The smallest absolute Gasteiger partial charge is 0.378 e. The van der Waals surface area contributed by atoms with Crippen LogP contribution in [0.1, 0.15) is 16.1 Å². The first-order valence-electron chi connectivity index (χ1n) is 8.80. The summed E-state index contributed by atoms with van der Waals surface area (Å²) in [6.45, 7) is 2.02. The Bertz CT molecular complexity index is 1070. The number of carbonyl (C=O) groups excluding carboxylic acids is 1. The Morgan fingerprint density at radius 1 is 1.32 bits per heavy atom. The molecule has 1 aliphatic heterocycles. The number of aromatic amines is 1. The van der Waals surface area contributed by atoms with Crippen LogP contribution in [0.4, 0.5) is 18.9 Å². The second kappa shape index (κ2) is 9.11. The summed E-state index contributed by atoms with van der Waals surface area (Å²) in [6, 6.07) is 3.57. The van der Waals surface area contributed by atoms with Gasteiger partial charge in [-0.15, -0.1) is 0 Å². The van der Waals surface area contributed by atoms with Gasteiger partial charge in [-0.1, -0.05) is 0 Å². The minimum Gasteiger partial charge on any atom is -0.378 e. The number of amides is 1. The van der Waals surface area contributed by atoms with Crippen LogP contribution < -0.4 is 10.6 Å². The van der Waals surface area contributed by atoms with Crippen LogP contribution in [0.3, 0.4) is 0 Å². The Hall–Kier alpha value is -2.84. The van der Waals surface area contributed by atoms with Gasteiger partial charge in [0.15, 0.2) is 5.96 Å². The fraction of sp³-hybridized carbons (Fsp3) is 0.412. The van der Waals surface area contributed by atoms with Gasteiger partial charge in [0.1, 0.15) is 5.69 Å². The van der Waals surface area contributed by atoms with E-state index in [0.29, 0.717) is 38.2 Å². The molecule has 1 aliphatic rings. The molecule has 2 aromatic rings. The molecule has 14 heteroatoms. The van der Waals surface area contributed by atoms with Crippen molar-refractivity contribution >= 4 is 38.6 Å². The van der Waals surface area contributed by atoms with Gasteiger partial charge in [0.2, 0.25) is 0 Å². The molecule has 1 saturated heterocycles. The Morgan fingerprint density at radius 3 is 2.35 bits per heavy atom. The van der Waals surface area contributed by atoms with Crippen molar-refractivity contribution in [3.05, 3.63) is 29.5 Å². The lowest BCUT2D eigenvalue weighted by molar-refractivity contribution is -0.136. The number of hydrogen-bond donors (Lipinski definition) is 4. The Morgan fingerprint density at radius 2 is 1.87 bits per heavy atom. The largest absolute Gasteiger partial charge is 0.417 e. The Balaban J connectivity index is 0.000000614. The number of rotatable bonds is 2. The van der Waals surface area contributed by atoms with Crippen molar-refractivity contribution in [2.45, 2.75) is 6.18 Å². The molecular weight excluding hydrogens is 443 g/mol. The zero-order valence-corrected chi connectivity index (χ0v) is 17.5. The van der Waals surface area contributed by atoms with Crippen LogP contribution in [0.25, 0.3) is 10.9 Å². The lowest BCUT2D eigenvalue weighted by atomic mass is 10.1. The van der Waals surface area contributed by atoms with Crippen LogP contribution in [0.2, 0.25) is 0 Å². The van der Waals surface area contributed by atoms with Gasteiger partial charge < -0.3 is 20.4 Å². The summed E-state index contributed by atoms with van der Waals surface area (Å²) in [4.78, 5) is 17.9. The Labute approximate surface area is 176 Å². The minimum atomic E-state index is -4.56. The first-order valence-corrected chi connectivity index (χ1v) is 10.6. The van der Waals surface area contributed by atoms with E-state index < -0.39 is 33.7 Å². The predicted octanol–water partition coefficient (Wildman–Crippen LogP) is 1.49. The van der Waals surface area contributed by atoms with Crippen LogP contribution >= 0.6 is 0 Å². The first-order chi connectivity index (χ1) is 14.2. The van der Waals surface area contributed by atoms with Crippen molar-refractivity contribution in [2.24, 2.45) is 5.73 Å². The standard InChI is InChI=1S/C16H18F3N5O2.CH4O3S/c1-23(15(20)21)14(25)11-8-9-10(16(17,18)19)2-3-12(13(9)22-11)24-4-6-26-7-5-24;1-5(2,3)4/h2-3,8,22H,4-7H2,1H3,(H3,20,21);1H3,(H,2,3,4). The van der Waals surface area contributed by atoms with Crippen molar-refractivity contribution in [3.63, 3.8) is 0 Å². The fourth-order valence-corrected chi connectivity index (χ4v) is 2.92. The highest BCUT2D eigenvalue weighted by Gasteiger charge is 2.34. The number of halogens is 3. The van der Waals surface area contributed by atoms with Gasteiger partial charge in [-0.05, 0) is 18.2 Å². The van der Waals surface area contributed by atoms with Gasteiger partial charge in [0.05, 0.1) is 36.2 Å². The van der Waals surface area contributed by atoms with Crippen molar-refractivity contribution < 1.29 is 35.7 Å². The van der Waals surface area contributed by atoms with Crippen molar-refractivity contribution in [1.29, 1.82) is 5.41 Å². The number of fused-ring (bicyclic) bond motifs is 1. The molecule has 0 unspecified atom stereocenters. The van der Waals surface area contributed by atoms with Gasteiger partial charge >= 0.3 is 6.18 Å². The molecular formula is C17H22F3N5O5S. The van der Waals surface area contributed by atoms with E-state index in [1.54, 1.807) is 0 Å². The topological polar surface area (TPSA) is 153 Å². The van der Waals surface area contributed by atoms with Crippen LogP contribution in [0, 0.1) is 5.41 Å². The Kier molecular flexibility index (Phi) is 7.18. The normalized spacial score (nSPS) is 14.7. The molecule has 0 saturated carbocycles. The number of hydrogen-bond acceptors (Lipinski definition) is 6. The van der Waals surface area contributed by atoms with Crippen molar-refractivity contribution in [3.8, 4) is 0 Å². The van der Waals surface area contributed by atoms with Crippen LogP contribution in [0.5, 0.6) is 0 Å². The summed E-state index contributed by atoms with van der Waals surface area (Å²) in [5.74, 6) is -1.19. The van der Waals surface area contributed by atoms with Gasteiger partial charge in [-0.25, -0.2) is 0 Å².